The molecule has 0 fully saturated rings. The summed E-state index contributed by atoms with van der Waals surface area (Å²) >= 11 is 0. The third kappa shape index (κ3) is 9.40. The van der Waals surface area contributed by atoms with Gasteiger partial charge in [0.05, 0.1) is 12.0 Å². The number of aliphatic hydroxyl groups is 1. The molecule has 1 N–H and O–H groups in total. The van der Waals surface area contributed by atoms with E-state index in [1.165, 1.54) is 33.9 Å². The standard InChI is InChI=1S/C29H24NO.C13H24O2.Ir/c1-18-12-19(2)14-24(13-18)26-15-25-16-27(31-28(25)17-30-26)22-8-10-23(11-9-22)29-20(3)6-5-7-21(29)4;1-5-10(6-2)12(14)9-13(15)11(7-3)8-4;/h5-13,15-17H,1-4H3;9-11,14H,5-8H2,1-4H3;/q-1;;/b;12-9-;. The molecule has 2 aromatic heterocycles. The summed E-state index contributed by atoms with van der Waals surface area (Å²) in [6, 6.07) is 26.9. The van der Waals surface area contributed by atoms with Gasteiger partial charge >= 0.3 is 0 Å². The second kappa shape index (κ2) is 17.4. The maximum Gasteiger partial charge on any atom is 0.162 e. The fourth-order valence-electron chi connectivity index (χ4n) is 6.12. The minimum atomic E-state index is 0. The molecule has 0 aliphatic carbocycles. The van der Waals surface area contributed by atoms with Crippen LogP contribution in [0.15, 0.2) is 89.2 Å². The Hall–Kier alpha value is -3.79. The number of allylic oxidation sites excluding steroid dienone is 2. The van der Waals surface area contributed by atoms with Crippen molar-refractivity contribution in [3.8, 4) is 33.7 Å². The number of carbonyl (C=O) groups is 1. The number of pyridine rings is 1. The van der Waals surface area contributed by atoms with Crippen LogP contribution in [0.4, 0.5) is 0 Å². The minimum Gasteiger partial charge on any atom is -0.512 e. The van der Waals surface area contributed by atoms with Gasteiger partial charge in [-0.1, -0.05) is 90.1 Å². The summed E-state index contributed by atoms with van der Waals surface area (Å²) in [7, 11) is 0. The molecule has 0 saturated heterocycles. The van der Waals surface area contributed by atoms with Crippen LogP contribution in [0, 0.1) is 45.6 Å². The van der Waals surface area contributed by atoms with Crippen molar-refractivity contribution >= 4 is 16.8 Å². The van der Waals surface area contributed by atoms with Crippen molar-refractivity contribution in [2.45, 2.75) is 81.1 Å². The van der Waals surface area contributed by atoms with Crippen molar-refractivity contribution in [2.24, 2.45) is 11.8 Å². The Morgan fingerprint density at radius 3 is 2.00 bits per heavy atom. The number of aliphatic hydroxyl groups excluding tert-OH is 1. The van der Waals surface area contributed by atoms with E-state index in [0.29, 0.717) is 0 Å². The Kier molecular flexibility index (Phi) is 13.9. The Labute approximate surface area is 294 Å². The Balaban J connectivity index is 0.000000322. The van der Waals surface area contributed by atoms with E-state index in [2.05, 4.69) is 105 Å². The van der Waals surface area contributed by atoms with Gasteiger partial charge in [-0.25, -0.2) is 0 Å². The van der Waals surface area contributed by atoms with Gasteiger partial charge in [-0.3, -0.25) is 4.79 Å². The average molecular weight is 807 g/mol. The first kappa shape index (κ1) is 37.7. The van der Waals surface area contributed by atoms with E-state index in [-0.39, 0.29) is 43.5 Å². The van der Waals surface area contributed by atoms with Crippen LogP contribution in [0.5, 0.6) is 0 Å². The van der Waals surface area contributed by atoms with Crippen LogP contribution in [-0.2, 0) is 24.9 Å². The van der Waals surface area contributed by atoms with Crippen molar-refractivity contribution < 1.29 is 34.4 Å². The second-order valence-corrected chi connectivity index (χ2v) is 12.3. The van der Waals surface area contributed by atoms with Crippen molar-refractivity contribution in [3.63, 3.8) is 0 Å². The number of aromatic nitrogens is 1. The molecule has 249 valence electrons. The number of aryl methyl sites for hydroxylation is 4. The normalized spacial score (nSPS) is 11.4. The molecule has 0 atom stereocenters. The van der Waals surface area contributed by atoms with E-state index < -0.39 is 0 Å². The van der Waals surface area contributed by atoms with Gasteiger partial charge in [-0.05, 0) is 73.5 Å². The summed E-state index contributed by atoms with van der Waals surface area (Å²) < 4.78 is 6.11. The SMILES string of the molecule is CCC(CC)C(=O)/C=C(\O)C(CC)CC.Cc1[c-]c(-c2cc3cc(-c4ccc(-c5c(C)cccc5C)cc4)oc3cn2)cc(C)c1.[Ir]. The summed E-state index contributed by atoms with van der Waals surface area (Å²) in [5, 5.41) is 10.8. The predicted octanol–water partition coefficient (Wildman–Crippen LogP) is 11.7. The number of nitrogens with zero attached hydrogens (tertiary/aromatic N) is 1. The van der Waals surface area contributed by atoms with Crippen LogP contribution < -0.4 is 0 Å². The smallest absolute Gasteiger partial charge is 0.162 e. The summed E-state index contributed by atoms with van der Waals surface area (Å²) in [4.78, 5) is 16.3. The van der Waals surface area contributed by atoms with Crippen LogP contribution in [0.25, 0.3) is 44.7 Å². The molecule has 0 saturated carbocycles. The first-order valence-electron chi connectivity index (χ1n) is 16.6. The van der Waals surface area contributed by atoms with E-state index in [1.54, 1.807) is 0 Å². The van der Waals surface area contributed by atoms with E-state index in [9.17, 15) is 9.90 Å². The maximum atomic E-state index is 11.7. The number of rotatable bonds is 10. The van der Waals surface area contributed by atoms with Gasteiger partial charge in [0, 0.05) is 49.0 Å². The van der Waals surface area contributed by atoms with Gasteiger partial charge in [-0.15, -0.1) is 34.9 Å². The molecule has 0 amide bonds. The monoisotopic (exact) mass is 807 g/mol. The second-order valence-electron chi connectivity index (χ2n) is 12.3. The molecule has 5 heteroatoms. The Bertz CT molecular complexity index is 1770. The third-order valence-corrected chi connectivity index (χ3v) is 8.85. The molecule has 0 aliphatic rings. The predicted molar refractivity (Wildman–Crippen MR) is 192 cm³/mol. The largest absolute Gasteiger partial charge is 0.512 e. The van der Waals surface area contributed by atoms with Gasteiger partial charge < -0.3 is 14.5 Å². The molecule has 1 radical (unpaired) electrons. The fraction of sp³-hybridized carbons (Fsp3) is 0.333. The number of fused-ring (bicyclic) bond motifs is 1. The molecule has 5 aromatic rings. The zero-order chi connectivity index (χ0) is 33.4. The molecule has 5 rings (SSSR count). The number of hydrogen-bond acceptors (Lipinski definition) is 4. The van der Waals surface area contributed by atoms with E-state index in [0.717, 1.165) is 64.8 Å². The van der Waals surface area contributed by atoms with Gasteiger partial charge in [0.1, 0.15) is 5.76 Å². The maximum absolute atomic E-state index is 11.7. The average Bonchev–Trinajstić information content (AvgIpc) is 3.46. The van der Waals surface area contributed by atoms with Crippen LogP contribution in [0.1, 0.15) is 75.6 Å². The number of carbonyl (C=O) groups excluding carboxylic acids is 1. The molecule has 0 aliphatic heterocycles. The van der Waals surface area contributed by atoms with Crippen LogP contribution in [-0.4, -0.2) is 15.9 Å². The topological polar surface area (TPSA) is 63.3 Å². The number of benzene rings is 3. The van der Waals surface area contributed by atoms with Crippen LogP contribution in [0.2, 0.25) is 0 Å². The van der Waals surface area contributed by atoms with Gasteiger partial charge in [0.2, 0.25) is 0 Å². The van der Waals surface area contributed by atoms with Crippen molar-refractivity contribution in [1.29, 1.82) is 0 Å². The summed E-state index contributed by atoms with van der Waals surface area (Å²) in [6.07, 6.45) is 6.72. The van der Waals surface area contributed by atoms with Crippen LogP contribution in [0.3, 0.4) is 0 Å². The minimum absolute atomic E-state index is 0. The van der Waals surface area contributed by atoms with Crippen molar-refractivity contribution in [2.75, 3.05) is 0 Å². The zero-order valence-electron chi connectivity index (χ0n) is 29.0. The summed E-state index contributed by atoms with van der Waals surface area (Å²) in [6.45, 7) is 16.6. The van der Waals surface area contributed by atoms with Crippen molar-refractivity contribution in [1.82, 2.24) is 4.98 Å². The quantitative estimate of drug-likeness (QED) is 0.0867. The van der Waals surface area contributed by atoms with E-state index in [1.807, 2.05) is 33.9 Å². The first-order chi connectivity index (χ1) is 22.1. The number of hydrogen-bond donors (Lipinski definition) is 1. The van der Waals surface area contributed by atoms with Crippen LogP contribution >= 0.6 is 0 Å². The molecular weight excluding hydrogens is 759 g/mol. The summed E-state index contributed by atoms with van der Waals surface area (Å²) in [5.41, 5.74) is 11.2. The molecule has 3 aromatic carbocycles. The molecule has 0 bridgehead atoms. The Morgan fingerprint density at radius 2 is 1.43 bits per heavy atom. The number of furan rings is 1. The van der Waals surface area contributed by atoms with Gasteiger partial charge in [0.15, 0.2) is 11.4 Å². The molecule has 47 heavy (non-hydrogen) atoms. The third-order valence-electron chi connectivity index (χ3n) is 8.85. The molecule has 0 unspecified atom stereocenters. The van der Waals surface area contributed by atoms with Crippen molar-refractivity contribution in [3.05, 3.63) is 113 Å². The molecule has 4 nitrogen and oxygen atoms in total. The summed E-state index contributed by atoms with van der Waals surface area (Å²) in [5.74, 6) is 1.40. The number of ketones is 1. The van der Waals surface area contributed by atoms with Gasteiger partial charge in [0.25, 0.3) is 0 Å². The molecule has 0 spiro atoms. The molecule has 2 heterocycles. The Morgan fingerprint density at radius 1 is 0.830 bits per heavy atom. The van der Waals surface area contributed by atoms with E-state index in [4.69, 9.17) is 4.42 Å². The van der Waals surface area contributed by atoms with E-state index >= 15 is 0 Å². The first-order valence-corrected chi connectivity index (χ1v) is 16.6. The fourth-order valence-corrected chi connectivity index (χ4v) is 6.12. The molecular formula is C42H48IrNO3-. The van der Waals surface area contributed by atoms with Gasteiger partial charge in [-0.2, -0.15) is 0 Å². The zero-order valence-corrected chi connectivity index (χ0v) is 31.4.